The highest BCUT2D eigenvalue weighted by Crippen LogP contribution is 2.28. The Labute approximate surface area is 196 Å². The maximum atomic E-state index is 12.5. The van der Waals surface area contributed by atoms with Gasteiger partial charge in [-0.2, -0.15) is 5.10 Å². The van der Waals surface area contributed by atoms with Crippen molar-refractivity contribution in [1.82, 2.24) is 19.3 Å². The Kier molecular flexibility index (Phi) is 5.25. The molecule has 1 N–H and O–H groups in total. The number of nitrogens with one attached hydrogen (secondary N) is 1. The summed E-state index contributed by atoms with van der Waals surface area (Å²) in [7, 11) is -6.95. The van der Waals surface area contributed by atoms with Crippen LogP contribution >= 0.6 is 0 Å². The summed E-state index contributed by atoms with van der Waals surface area (Å²) in [5.41, 5.74) is 3.40. The molecule has 0 unspecified atom stereocenters. The third kappa shape index (κ3) is 4.31. The molecule has 0 saturated heterocycles. The van der Waals surface area contributed by atoms with Crippen LogP contribution in [0.1, 0.15) is 23.2 Å². The van der Waals surface area contributed by atoms with Crippen LogP contribution in [-0.2, 0) is 19.9 Å². The molecule has 0 spiro atoms. The number of carbonyl (C=O) groups excluding carboxylic acids is 1. The van der Waals surface area contributed by atoms with E-state index < -0.39 is 31.0 Å². The highest BCUT2D eigenvalue weighted by molar-refractivity contribution is 7.91. The summed E-state index contributed by atoms with van der Waals surface area (Å²) in [5.74, 6) is -0.677. The topological polar surface area (TPSA) is 128 Å². The molecule has 1 saturated carbocycles. The molecule has 1 aliphatic carbocycles. The molecule has 0 aliphatic heterocycles. The zero-order valence-corrected chi connectivity index (χ0v) is 19.7. The molecule has 0 radical (unpaired) electrons. The number of benzene rings is 2. The van der Waals surface area contributed by atoms with Crippen molar-refractivity contribution in [2.75, 3.05) is 6.26 Å². The van der Waals surface area contributed by atoms with Gasteiger partial charge in [0.1, 0.15) is 0 Å². The number of aromatic nitrogens is 3. The van der Waals surface area contributed by atoms with Gasteiger partial charge in [-0.3, -0.25) is 4.79 Å². The second-order valence-electron chi connectivity index (χ2n) is 8.18. The van der Waals surface area contributed by atoms with Gasteiger partial charge in [-0.25, -0.2) is 31.1 Å². The first-order valence-electron chi connectivity index (χ1n) is 10.4. The average molecular weight is 497 g/mol. The molecule has 11 heteroatoms. The van der Waals surface area contributed by atoms with Gasteiger partial charge in [0.15, 0.2) is 15.5 Å². The standard InChI is InChI=1S/C23H20N4O5S2/c1-33(29,30)18-7-5-15(6-8-18)21-14-24-22-12-11-20(25-27(21)22)16-3-2-4-17(13-16)23(28)26-34(31,32)19-9-10-19/h2-8,11-14,19H,9-10H2,1H3,(H,26,28). The van der Waals surface area contributed by atoms with Gasteiger partial charge in [0.2, 0.25) is 10.0 Å². The van der Waals surface area contributed by atoms with Gasteiger partial charge >= 0.3 is 0 Å². The molecule has 5 rings (SSSR count). The third-order valence-corrected chi connectivity index (χ3v) is 8.51. The summed E-state index contributed by atoms with van der Waals surface area (Å²) in [6.07, 6.45) is 3.93. The number of rotatable bonds is 6. The summed E-state index contributed by atoms with van der Waals surface area (Å²) in [6.45, 7) is 0. The van der Waals surface area contributed by atoms with Gasteiger partial charge in [0, 0.05) is 22.9 Å². The predicted octanol–water partition coefficient (Wildman–Crippen LogP) is 2.69. The quantitative estimate of drug-likeness (QED) is 0.435. The summed E-state index contributed by atoms with van der Waals surface area (Å²) >= 11 is 0. The number of imidazole rings is 1. The molecule has 1 fully saturated rings. The number of amides is 1. The van der Waals surface area contributed by atoms with Gasteiger partial charge < -0.3 is 0 Å². The highest BCUT2D eigenvalue weighted by atomic mass is 32.2. The number of carbonyl (C=O) groups is 1. The predicted molar refractivity (Wildman–Crippen MR) is 126 cm³/mol. The molecule has 0 bridgehead atoms. The Bertz CT molecular complexity index is 1640. The van der Waals surface area contributed by atoms with Crippen molar-refractivity contribution in [2.45, 2.75) is 23.0 Å². The molecular weight excluding hydrogens is 476 g/mol. The van der Waals surface area contributed by atoms with Crippen LogP contribution in [0.5, 0.6) is 0 Å². The van der Waals surface area contributed by atoms with E-state index in [4.69, 9.17) is 0 Å². The second kappa shape index (κ2) is 8.03. The summed E-state index contributed by atoms with van der Waals surface area (Å²) < 4.78 is 51.5. The maximum absolute atomic E-state index is 12.5. The van der Waals surface area contributed by atoms with E-state index in [2.05, 4.69) is 14.8 Å². The van der Waals surface area contributed by atoms with E-state index >= 15 is 0 Å². The van der Waals surface area contributed by atoms with Gasteiger partial charge in [0.25, 0.3) is 5.91 Å². The SMILES string of the molecule is CS(=O)(=O)c1ccc(-c2cnc3ccc(-c4cccc(C(=O)NS(=O)(=O)C5CC5)c4)nn23)cc1. The summed E-state index contributed by atoms with van der Waals surface area (Å²) in [5, 5.41) is 4.16. The van der Waals surface area contributed by atoms with Crippen molar-refractivity contribution < 1.29 is 21.6 Å². The molecule has 1 amide bonds. The molecule has 2 heterocycles. The first-order chi connectivity index (χ1) is 16.1. The highest BCUT2D eigenvalue weighted by Gasteiger charge is 2.37. The van der Waals surface area contributed by atoms with Crippen LogP contribution in [0.3, 0.4) is 0 Å². The van der Waals surface area contributed by atoms with E-state index in [9.17, 15) is 21.6 Å². The zero-order valence-electron chi connectivity index (χ0n) is 18.0. The van der Waals surface area contributed by atoms with Gasteiger partial charge in [0.05, 0.1) is 27.7 Å². The first-order valence-corrected chi connectivity index (χ1v) is 13.9. The zero-order chi connectivity index (χ0) is 24.1. The van der Waals surface area contributed by atoms with Gasteiger partial charge in [-0.05, 0) is 49.2 Å². The van der Waals surface area contributed by atoms with E-state index in [0.717, 1.165) is 11.8 Å². The molecule has 34 heavy (non-hydrogen) atoms. The summed E-state index contributed by atoms with van der Waals surface area (Å²) in [4.78, 5) is 17.1. The van der Waals surface area contributed by atoms with Crippen LogP contribution < -0.4 is 4.72 Å². The lowest BCUT2D eigenvalue weighted by Crippen LogP contribution is -2.33. The number of fused-ring (bicyclic) bond motifs is 1. The van der Waals surface area contributed by atoms with Crippen molar-refractivity contribution >= 4 is 31.4 Å². The van der Waals surface area contributed by atoms with E-state index in [-0.39, 0.29) is 10.5 Å². The average Bonchev–Trinajstić information content (AvgIpc) is 3.59. The van der Waals surface area contributed by atoms with Crippen molar-refractivity contribution in [1.29, 1.82) is 0 Å². The van der Waals surface area contributed by atoms with Crippen LogP contribution in [0.25, 0.3) is 28.2 Å². The molecule has 174 valence electrons. The van der Waals surface area contributed by atoms with Gasteiger partial charge in [-0.1, -0.05) is 24.3 Å². The monoisotopic (exact) mass is 496 g/mol. The van der Waals surface area contributed by atoms with Crippen LogP contribution in [0.4, 0.5) is 0 Å². The van der Waals surface area contributed by atoms with Crippen molar-refractivity contribution in [2.24, 2.45) is 0 Å². The second-order valence-corrected chi connectivity index (χ2v) is 12.2. The van der Waals surface area contributed by atoms with E-state index in [0.29, 0.717) is 35.4 Å². The molecule has 2 aromatic carbocycles. The molecule has 2 aromatic heterocycles. The van der Waals surface area contributed by atoms with Gasteiger partial charge in [-0.15, -0.1) is 0 Å². The van der Waals surface area contributed by atoms with E-state index in [1.165, 1.54) is 12.1 Å². The number of sulfonamides is 1. The number of hydrogen-bond donors (Lipinski definition) is 1. The number of nitrogens with zero attached hydrogens (tertiary/aromatic N) is 3. The van der Waals surface area contributed by atoms with Crippen LogP contribution in [0.2, 0.25) is 0 Å². The lowest BCUT2D eigenvalue weighted by Gasteiger charge is -2.08. The number of sulfone groups is 1. The smallest absolute Gasteiger partial charge is 0.264 e. The third-order valence-electron chi connectivity index (χ3n) is 5.56. The van der Waals surface area contributed by atoms with Crippen LogP contribution in [0.15, 0.2) is 71.8 Å². The van der Waals surface area contributed by atoms with Crippen molar-refractivity contribution in [3.63, 3.8) is 0 Å². The minimum Gasteiger partial charge on any atom is -0.268 e. The lowest BCUT2D eigenvalue weighted by molar-refractivity contribution is 0.0981. The van der Waals surface area contributed by atoms with E-state index in [1.54, 1.807) is 59.2 Å². The Morgan fingerprint density at radius 2 is 1.71 bits per heavy atom. The summed E-state index contributed by atoms with van der Waals surface area (Å²) in [6, 6.07) is 16.6. The largest absolute Gasteiger partial charge is 0.268 e. The molecule has 4 aromatic rings. The lowest BCUT2D eigenvalue weighted by atomic mass is 10.1. The van der Waals surface area contributed by atoms with Crippen molar-refractivity contribution in [3.05, 3.63) is 72.4 Å². The molecule has 9 nitrogen and oxygen atoms in total. The van der Waals surface area contributed by atoms with Crippen LogP contribution in [-0.4, -0.2) is 48.8 Å². The Morgan fingerprint density at radius 3 is 2.38 bits per heavy atom. The van der Waals surface area contributed by atoms with Crippen molar-refractivity contribution in [3.8, 4) is 22.5 Å². The maximum Gasteiger partial charge on any atom is 0.264 e. The molecular formula is C23H20N4O5S2. The van der Waals surface area contributed by atoms with E-state index in [1.807, 2.05) is 0 Å². The normalized spacial score (nSPS) is 14.3. The minimum atomic E-state index is -3.65. The Hall–Kier alpha value is -3.57. The minimum absolute atomic E-state index is 0.214. The number of hydrogen-bond acceptors (Lipinski definition) is 7. The Morgan fingerprint density at radius 1 is 0.971 bits per heavy atom. The van der Waals surface area contributed by atoms with Crippen LogP contribution in [0, 0.1) is 0 Å². The fourth-order valence-electron chi connectivity index (χ4n) is 3.57. The molecule has 1 aliphatic rings. The fourth-order valence-corrected chi connectivity index (χ4v) is 5.50. The molecule has 0 atom stereocenters. The first kappa shape index (κ1) is 22.2. The Balaban J connectivity index is 1.48. The fraction of sp³-hybridized carbons (Fsp3) is 0.174.